The summed E-state index contributed by atoms with van der Waals surface area (Å²) < 4.78 is 11.2. The molecule has 1 heterocycles. The van der Waals surface area contributed by atoms with Gasteiger partial charge in [-0.1, -0.05) is 6.07 Å². The summed E-state index contributed by atoms with van der Waals surface area (Å²) in [6.45, 7) is 1.18. The highest BCUT2D eigenvalue weighted by Gasteiger charge is 2.36. The van der Waals surface area contributed by atoms with Gasteiger partial charge in [0.15, 0.2) is 11.5 Å². The highest BCUT2D eigenvalue weighted by Crippen LogP contribution is 2.43. The summed E-state index contributed by atoms with van der Waals surface area (Å²) in [7, 11) is 1.89. The van der Waals surface area contributed by atoms with E-state index in [-0.39, 0.29) is 12.1 Å². The maximum Gasteiger partial charge on any atom is 0.317 e. The highest BCUT2D eigenvalue weighted by atomic mass is 16.6. The Bertz CT molecular complexity index is 581. The van der Waals surface area contributed by atoms with Crippen LogP contribution in [0.1, 0.15) is 37.3 Å². The fourth-order valence-electron chi connectivity index (χ4n) is 3.02. The van der Waals surface area contributed by atoms with Gasteiger partial charge in [-0.15, -0.1) is 0 Å². The molecule has 1 N–H and O–H groups in total. The topological polar surface area (TPSA) is 50.8 Å². The molecule has 0 bridgehead atoms. The van der Waals surface area contributed by atoms with Crippen molar-refractivity contribution in [2.75, 3.05) is 20.3 Å². The summed E-state index contributed by atoms with van der Waals surface area (Å²) in [4.78, 5) is 14.2. The quantitative estimate of drug-likeness (QED) is 0.930. The van der Waals surface area contributed by atoms with E-state index in [2.05, 4.69) is 5.32 Å². The van der Waals surface area contributed by atoms with Gasteiger partial charge in [-0.05, 0) is 49.3 Å². The fourth-order valence-corrected chi connectivity index (χ4v) is 3.02. The van der Waals surface area contributed by atoms with Crippen molar-refractivity contribution in [1.29, 1.82) is 0 Å². The van der Waals surface area contributed by atoms with Gasteiger partial charge >= 0.3 is 6.03 Å². The van der Waals surface area contributed by atoms with Crippen molar-refractivity contribution >= 4 is 6.03 Å². The zero-order valence-corrected chi connectivity index (χ0v) is 12.9. The standard InChI is InChI=1S/C17H22N2O3/c1-19(13-5-6-13)17(20)18-16(11-2-3-11)12-4-7-14-15(10-12)22-9-8-21-14/h4,7,10-11,13,16H,2-3,5-6,8-9H2,1H3,(H,18,20)/t16-/m1/s1. The Kier molecular flexibility index (Phi) is 3.36. The van der Waals surface area contributed by atoms with Gasteiger partial charge in [0.25, 0.3) is 0 Å². The highest BCUT2D eigenvalue weighted by molar-refractivity contribution is 5.75. The normalized spacial score (nSPS) is 21.1. The van der Waals surface area contributed by atoms with Gasteiger partial charge in [0.05, 0.1) is 6.04 Å². The van der Waals surface area contributed by atoms with Gasteiger partial charge in [0, 0.05) is 13.1 Å². The molecule has 5 nitrogen and oxygen atoms in total. The van der Waals surface area contributed by atoms with Crippen LogP contribution in [0, 0.1) is 5.92 Å². The van der Waals surface area contributed by atoms with E-state index in [4.69, 9.17) is 9.47 Å². The molecular weight excluding hydrogens is 280 g/mol. The number of hydrogen-bond acceptors (Lipinski definition) is 3. The molecule has 0 unspecified atom stereocenters. The van der Waals surface area contributed by atoms with Crippen molar-refractivity contribution in [2.24, 2.45) is 5.92 Å². The Morgan fingerprint density at radius 3 is 2.59 bits per heavy atom. The van der Waals surface area contributed by atoms with Crippen molar-refractivity contribution in [1.82, 2.24) is 10.2 Å². The number of nitrogens with one attached hydrogen (secondary N) is 1. The molecule has 118 valence electrons. The van der Waals surface area contributed by atoms with Crippen LogP contribution in [0.4, 0.5) is 4.79 Å². The van der Waals surface area contributed by atoms with Gasteiger partial charge in [-0.2, -0.15) is 0 Å². The molecule has 2 saturated carbocycles. The first-order valence-electron chi connectivity index (χ1n) is 8.15. The predicted octanol–water partition coefficient (Wildman–Crippen LogP) is 2.71. The van der Waals surface area contributed by atoms with Crippen LogP contribution in [0.15, 0.2) is 18.2 Å². The Hall–Kier alpha value is -1.91. The Balaban J connectivity index is 1.52. The minimum absolute atomic E-state index is 0.0364. The average Bonchev–Trinajstić information content (AvgIpc) is 3.43. The summed E-state index contributed by atoms with van der Waals surface area (Å²) in [5.74, 6) is 2.13. The van der Waals surface area contributed by atoms with Gasteiger partial charge < -0.3 is 19.7 Å². The zero-order chi connectivity index (χ0) is 15.1. The van der Waals surface area contributed by atoms with Gasteiger partial charge in [-0.25, -0.2) is 4.79 Å². The van der Waals surface area contributed by atoms with E-state index in [0.717, 1.165) is 29.9 Å². The molecule has 2 fully saturated rings. The van der Waals surface area contributed by atoms with E-state index in [0.29, 0.717) is 25.2 Å². The first-order chi connectivity index (χ1) is 10.7. The van der Waals surface area contributed by atoms with E-state index in [1.165, 1.54) is 12.8 Å². The van der Waals surface area contributed by atoms with Crippen molar-refractivity contribution in [3.63, 3.8) is 0 Å². The van der Waals surface area contributed by atoms with Crippen molar-refractivity contribution in [3.05, 3.63) is 23.8 Å². The number of urea groups is 1. The van der Waals surface area contributed by atoms with Crippen molar-refractivity contribution in [3.8, 4) is 11.5 Å². The van der Waals surface area contributed by atoms with Crippen LogP contribution < -0.4 is 14.8 Å². The molecule has 2 aliphatic carbocycles. The maximum absolute atomic E-state index is 12.4. The molecule has 2 amide bonds. The van der Waals surface area contributed by atoms with E-state index < -0.39 is 0 Å². The molecule has 1 aromatic carbocycles. The Labute approximate surface area is 130 Å². The number of carbonyl (C=O) groups is 1. The summed E-state index contributed by atoms with van der Waals surface area (Å²) in [6, 6.07) is 6.57. The fraction of sp³-hybridized carbons (Fsp3) is 0.588. The summed E-state index contributed by atoms with van der Waals surface area (Å²) in [5.41, 5.74) is 1.12. The minimum atomic E-state index is 0.0364. The summed E-state index contributed by atoms with van der Waals surface area (Å²) >= 11 is 0. The number of fused-ring (bicyclic) bond motifs is 1. The van der Waals surface area contributed by atoms with Crippen LogP contribution >= 0.6 is 0 Å². The molecule has 1 aliphatic heterocycles. The lowest BCUT2D eigenvalue weighted by atomic mass is 10.0. The number of carbonyl (C=O) groups excluding carboxylic acids is 1. The molecule has 0 radical (unpaired) electrons. The number of hydrogen-bond donors (Lipinski definition) is 1. The van der Waals surface area contributed by atoms with Crippen molar-refractivity contribution in [2.45, 2.75) is 37.8 Å². The molecular formula is C17H22N2O3. The van der Waals surface area contributed by atoms with Crippen LogP contribution in [-0.4, -0.2) is 37.2 Å². The second-order valence-corrected chi connectivity index (χ2v) is 6.51. The average molecular weight is 302 g/mol. The molecule has 5 heteroatoms. The summed E-state index contributed by atoms with van der Waals surface area (Å²) in [5, 5.41) is 3.21. The third kappa shape index (κ3) is 2.72. The summed E-state index contributed by atoms with van der Waals surface area (Å²) in [6.07, 6.45) is 4.60. The molecule has 0 aromatic heterocycles. The van der Waals surface area contributed by atoms with E-state index in [1.54, 1.807) is 0 Å². The lowest BCUT2D eigenvalue weighted by Crippen LogP contribution is -2.41. The Morgan fingerprint density at radius 2 is 1.91 bits per heavy atom. The number of nitrogens with zero attached hydrogens (tertiary/aromatic N) is 1. The second-order valence-electron chi connectivity index (χ2n) is 6.51. The second kappa shape index (κ2) is 5.38. The first kappa shape index (κ1) is 13.7. The first-order valence-corrected chi connectivity index (χ1v) is 8.15. The SMILES string of the molecule is CN(C(=O)N[C@@H](c1ccc2c(c1)OCCO2)C1CC1)C1CC1. The molecule has 22 heavy (non-hydrogen) atoms. The number of rotatable bonds is 4. The van der Waals surface area contributed by atoms with Crippen LogP contribution in [0.5, 0.6) is 11.5 Å². The lowest BCUT2D eigenvalue weighted by Gasteiger charge is -2.25. The van der Waals surface area contributed by atoms with E-state index in [1.807, 2.05) is 30.1 Å². The molecule has 0 spiro atoms. The van der Waals surface area contributed by atoms with Gasteiger partial charge in [0.2, 0.25) is 0 Å². The van der Waals surface area contributed by atoms with Crippen LogP contribution in [0.2, 0.25) is 0 Å². The third-order valence-electron chi connectivity index (χ3n) is 4.71. The third-order valence-corrected chi connectivity index (χ3v) is 4.71. The van der Waals surface area contributed by atoms with Crippen LogP contribution in [0.25, 0.3) is 0 Å². The van der Waals surface area contributed by atoms with Crippen molar-refractivity contribution < 1.29 is 14.3 Å². The van der Waals surface area contributed by atoms with Crippen LogP contribution in [-0.2, 0) is 0 Å². The molecule has 0 saturated heterocycles. The molecule has 1 atom stereocenters. The monoisotopic (exact) mass is 302 g/mol. The van der Waals surface area contributed by atoms with E-state index in [9.17, 15) is 4.79 Å². The number of amides is 2. The number of benzene rings is 1. The van der Waals surface area contributed by atoms with Gasteiger partial charge in [0.1, 0.15) is 13.2 Å². The molecule has 3 aliphatic rings. The zero-order valence-electron chi connectivity index (χ0n) is 12.9. The minimum Gasteiger partial charge on any atom is -0.486 e. The van der Waals surface area contributed by atoms with E-state index >= 15 is 0 Å². The lowest BCUT2D eigenvalue weighted by molar-refractivity contribution is 0.171. The maximum atomic E-state index is 12.4. The van der Waals surface area contributed by atoms with Gasteiger partial charge in [-0.3, -0.25) is 0 Å². The van der Waals surface area contributed by atoms with Crippen LogP contribution in [0.3, 0.4) is 0 Å². The smallest absolute Gasteiger partial charge is 0.317 e. The molecule has 1 aromatic rings. The largest absolute Gasteiger partial charge is 0.486 e. The molecule has 4 rings (SSSR count). The predicted molar refractivity (Wildman–Crippen MR) is 82.2 cm³/mol. The number of ether oxygens (including phenoxy) is 2. The Morgan fingerprint density at radius 1 is 1.18 bits per heavy atom.